The van der Waals surface area contributed by atoms with Crippen LogP contribution in [0.15, 0.2) is 79.4 Å². The Kier molecular flexibility index (Phi) is 3.30. The Hall–Kier alpha value is -3.00. The second-order valence-electron chi connectivity index (χ2n) is 7.88. The number of ether oxygens (including phenoxy) is 1. The van der Waals surface area contributed by atoms with Crippen molar-refractivity contribution in [2.75, 3.05) is 11.4 Å². The quantitative estimate of drug-likeness (QED) is 0.530. The van der Waals surface area contributed by atoms with Gasteiger partial charge in [-0.25, -0.2) is 0 Å². The minimum absolute atomic E-state index is 0.211. The van der Waals surface area contributed by atoms with Gasteiger partial charge in [-0.3, -0.25) is 0 Å². The molecule has 0 N–H and O–H groups in total. The fourth-order valence-electron chi connectivity index (χ4n) is 4.69. The average molecular weight is 353 g/mol. The van der Waals surface area contributed by atoms with Crippen molar-refractivity contribution in [1.29, 1.82) is 0 Å². The van der Waals surface area contributed by atoms with E-state index in [1.165, 1.54) is 16.6 Å². The molecular formula is C25H23NO. The van der Waals surface area contributed by atoms with E-state index >= 15 is 0 Å². The standard InChI is InChI=1S/C25H23NO/c1-4-17-26-22-12-8-7-11-21(22)24(2,3)25(26)16-15-19-14-13-18-9-5-6-10-20(18)23(19)27-25/h4-16H,1,17H2,2-3H3. The topological polar surface area (TPSA) is 12.5 Å². The van der Waals surface area contributed by atoms with Gasteiger partial charge in [-0.2, -0.15) is 0 Å². The van der Waals surface area contributed by atoms with Crippen LogP contribution in [-0.2, 0) is 5.41 Å². The van der Waals surface area contributed by atoms with Gasteiger partial charge >= 0.3 is 0 Å². The highest BCUT2D eigenvalue weighted by atomic mass is 16.5. The van der Waals surface area contributed by atoms with Crippen molar-refractivity contribution in [2.24, 2.45) is 0 Å². The van der Waals surface area contributed by atoms with Gasteiger partial charge in [0.1, 0.15) is 5.75 Å². The van der Waals surface area contributed by atoms with Gasteiger partial charge in [-0.15, -0.1) is 6.58 Å². The van der Waals surface area contributed by atoms with E-state index in [1.54, 1.807) is 0 Å². The lowest BCUT2D eigenvalue weighted by Gasteiger charge is -2.47. The molecule has 5 rings (SSSR count). The third kappa shape index (κ3) is 2.01. The molecule has 0 aromatic heterocycles. The van der Waals surface area contributed by atoms with Gasteiger partial charge in [0.05, 0.1) is 5.41 Å². The zero-order valence-corrected chi connectivity index (χ0v) is 15.8. The minimum Gasteiger partial charge on any atom is -0.462 e. The second kappa shape index (κ2) is 5.50. The molecule has 3 aromatic rings. The third-order valence-electron chi connectivity index (χ3n) is 6.13. The van der Waals surface area contributed by atoms with E-state index in [9.17, 15) is 0 Å². The summed E-state index contributed by atoms with van der Waals surface area (Å²) < 4.78 is 6.95. The fraction of sp³-hybridized carbons (Fsp3) is 0.200. The van der Waals surface area contributed by atoms with Crippen molar-refractivity contribution < 1.29 is 4.74 Å². The first-order chi connectivity index (χ1) is 13.1. The summed E-state index contributed by atoms with van der Waals surface area (Å²) in [4.78, 5) is 2.34. The summed E-state index contributed by atoms with van der Waals surface area (Å²) in [6.45, 7) is 9.27. The number of nitrogens with zero attached hydrogens (tertiary/aromatic N) is 1. The predicted octanol–water partition coefficient (Wildman–Crippen LogP) is 5.93. The maximum atomic E-state index is 6.95. The molecule has 3 aromatic carbocycles. The summed E-state index contributed by atoms with van der Waals surface area (Å²) in [6, 6.07) is 21.4. The fourth-order valence-corrected chi connectivity index (χ4v) is 4.69. The molecule has 0 radical (unpaired) electrons. The number of hydrogen-bond donors (Lipinski definition) is 0. The van der Waals surface area contributed by atoms with E-state index in [4.69, 9.17) is 4.74 Å². The molecular weight excluding hydrogens is 330 g/mol. The summed E-state index contributed by atoms with van der Waals surface area (Å²) in [5.74, 6) is 0.963. The zero-order valence-electron chi connectivity index (χ0n) is 15.8. The van der Waals surface area contributed by atoms with Crippen molar-refractivity contribution in [3.05, 3.63) is 90.5 Å². The first-order valence-corrected chi connectivity index (χ1v) is 9.46. The Bertz CT molecular complexity index is 1090. The number of hydrogen-bond acceptors (Lipinski definition) is 2. The Morgan fingerprint density at radius 3 is 2.63 bits per heavy atom. The maximum absolute atomic E-state index is 6.95. The molecule has 2 aliphatic rings. The minimum atomic E-state index is -0.581. The smallest absolute Gasteiger partial charge is 0.212 e. The van der Waals surface area contributed by atoms with Gasteiger partial charge in [-0.05, 0) is 43.0 Å². The number of benzene rings is 3. The van der Waals surface area contributed by atoms with Crippen LogP contribution in [0, 0.1) is 0 Å². The Balaban J connectivity index is 1.76. The Labute approximate surface area is 160 Å². The number of fused-ring (bicyclic) bond motifs is 4. The van der Waals surface area contributed by atoms with Crippen molar-refractivity contribution in [1.82, 2.24) is 0 Å². The lowest BCUT2D eigenvalue weighted by molar-refractivity contribution is 0.0572. The second-order valence-corrected chi connectivity index (χ2v) is 7.88. The van der Waals surface area contributed by atoms with Crippen molar-refractivity contribution in [3.63, 3.8) is 0 Å². The molecule has 0 saturated carbocycles. The van der Waals surface area contributed by atoms with Crippen LogP contribution < -0.4 is 9.64 Å². The molecule has 0 amide bonds. The third-order valence-corrected chi connectivity index (χ3v) is 6.13. The molecule has 0 saturated heterocycles. The average Bonchev–Trinajstić information content (AvgIpc) is 2.87. The lowest BCUT2D eigenvalue weighted by atomic mass is 9.76. The molecule has 2 nitrogen and oxygen atoms in total. The molecule has 134 valence electrons. The van der Waals surface area contributed by atoms with Gasteiger partial charge in [0.15, 0.2) is 0 Å². The van der Waals surface area contributed by atoms with E-state index in [2.05, 4.69) is 98.1 Å². The van der Waals surface area contributed by atoms with Crippen molar-refractivity contribution >= 4 is 22.5 Å². The van der Waals surface area contributed by atoms with Crippen LogP contribution in [0.5, 0.6) is 5.75 Å². The number of rotatable bonds is 2. The molecule has 0 fully saturated rings. The number of para-hydroxylation sites is 1. The van der Waals surface area contributed by atoms with Crippen molar-refractivity contribution in [3.8, 4) is 5.75 Å². The molecule has 2 heteroatoms. The summed E-state index contributed by atoms with van der Waals surface area (Å²) in [5.41, 5.74) is 2.86. The summed E-state index contributed by atoms with van der Waals surface area (Å²) in [5, 5.41) is 2.36. The van der Waals surface area contributed by atoms with Crippen LogP contribution in [-0.4, -0.2) is 12.3 Å². The van der Waals surface area contributed by atoms with E-state index in [0.717, 1.165) is 23.2 Å². The molecule has 1 unspecified atom stereocenters. The normalized spacial score (nSPS) is 21.8. The van der Waals surface area contributed by atoms with E-state index in [0.29, 0.717) is 0 Å². The zero-order chi connectivity index (χ0) is 18.6. The first kappa shape index (κ1) is 16.2. The molecule has 27 heavy (non-hydrogen) atoms. The predicted molar refractivity (Wildman–Crippen MR) is 113 cm³/mol. The highest BCUT2D eigenvalue weighted by Gasteiger charge is 2.58. The summed E-state index contributed by atoms with van der Waals surface area (Å²) >= 11 is 0. The van der Waals surface area contributed by atoms with E-state index < -0.39 is 5.72 Å². The van der Waals surface area contributed by atoms with E-state index in [1.807, 2.05) is 6.08 Å². The van der Waals surface area contributed by atoms with Crippen LogP contribution in [0.25, 0.3) is 16.8 Å². The lowest BCUT2D eigenvalue weighted by Crippen LogP contribution is -2.59. The summed E-state index contributed by atoms with van der Waals surface area (Å²) in [7, 11) is 0. The van der Waals surface area contributed by atoms with Gasteiger partial charge in [-0.1, -0.05) is 60.7 Å². The van der Waals surface area contributed by atoms with Crippen LogP contribution in [0.2, 0.25) is 0 Å². The van der Waals surface area contributed by atoms with Crippen LogP contribution in [0.1, 0.15) is 25.0 Å². The maximum Gasteiger partial charge on any atom is 0.212 e. The van der Waals surface area contributed by atoms with Crippen molar-refractivity contribution in [2.45, 2.75) is 25.0 Å². The monoisotopic (exact) mass is 353 g/mol. The molecule has 1 spiro atoms. The Morgan fingerprint density at radius 2 is 1.78 bits per heavy atom. The highest BCUT2D eigenvalue weighted by molar-refractivity contribution is 5.93. The molecule has 0 aliphatic carbocycles. The van der Waals surface area contributed by atoms with Crippen LogP contribution >= 0.6 is 0 Å². The SMILES string of the molecule is C=CCN1c2ccccc2C(C)(C)C12C=Cc1ccc3ccccc3c1O2. The van der Waals surface area contributed by atoms with Crippen LogP contribution in [0.3, 0.4) is 0 Å². The largest absolute Gasteiger partial charge is 0.462 e. The molecule has 0 bridgehead atoms. The molecule has 2 heterocycles. The van der Waals surface area contributed by atoms with Gasteiger partial charge in [0, 0.05) is 23.2 Å². The van der Waals surface area contributed by atoms with Gasteiger partial charge in [0.25, 0.3) is 0 Å². The molecule has 1 atom stereocenters. The summed E-state index contributed by atoms with van der Waals surface area (Å²) in [6.07, 6.45) is 6.40. The highest BCUT2D eigenvalue weighted by Crippen LogP contribution is 2.55. The Morgan fingerprint density at radius 1 is 1.00 bits per heavy atom. The number of anilines is 1. The van der Waals surface area contributed by atoms with Gasteiger partial charge in [0.2, 0.25) is 5.72 Å². The molecule has 2 aliphatic heterocycles. The first-order valence-electron chi connectivity index (χ1n) is 9.46. The van der Waals surface area contributed by atoms with Crippen LogP contribution in [0.4, 0.5) is 5.69 Å². The van der Waals surface area contributed by atoms with E-state index in [-0.39, 0.29) is 5.41 Å². The van der Waals surface area contributed by atoms with Gasteiger partial charge < -0.3 is 9.64 Å².